The molecule has 4 aliphatic heterocycles. The Hall–Kier alpha value is -3.22. The van der Waals surface area contributed by atoms with Gasteiger partial charge in [0.2, 0.25) is 0 Å². The lowest BCUT2D eigenvalue weighted by atomic mass is 9.98. The van der Waals surface area contributed by atoms with Gasteiger partial charge in [-0.1, -0.05) is 7.43 Å². The molecule has 2 aromatic rings. The Bertz CT molecular complexity index is 1220. The normalized spacial score (nSPS) is 25.9. The quantitative estimate of drug-likeness (QED) is 0.267. The van der Waals surface area contributed by atoms with Gasteiger partial charge in [0.15, 0.2) is 0 Å². The average Bonchev–Trinajstić information content (AvgIpc) is 3.39. The number of hydrogen-bond acceptors (Lipinski definition) is 10. The largest absolute Gasteiger partial charge is 0.378 e. The van der Waals surface area contributed by atoms with Crippen molar-refractivity contribution in [1.29, 1.82) is 0 Å². The van der Waals surface area contributed by atoms with Gasteiger partial charge in [0.1, 0.15) is 35.9 Å². The molecule has 0 N–H and O–H groups in total. The fourth-order valence-electron chi connectivity index (χ4n) is 5.82. The summed E-state index contributed by atoms with van der Waals surface area (Å²) < 4.78 is 69.9. The number of aromatic nitrogens is 4. The summed E-state index contributed by atoms with van der Waals surface area (Å²) in [7, 11) is 0. The highest BCUT2D eigenvalue weighted by Gasteiger charge is 2.50. The molecule has 2 aromatic heterocycles. The molecule has 0 bridgehead atoms. The molecule has 4 aliphatic rings. The van der Waals surface area contributed by atoms with Crippen LogP contribution < -0.4 is 0 Å². The van der Waals surface area contributed by atoms with Crippen LogP contribution in [0.5, 0.6) is 0 Å². The van der Waals surface area contributed by atoms with Crippen molar-refractivity contribution >= 4 is 11.4 Å². The molecule has 240 valence electrons. The molecule has 0 aromatic carbocycles. The van der Waals surface area contributed by atoms with Crippen molar-refractivity contribution in [2.75, 3.05) is 52.6 Å². The molecule has 6 heterocycles. The molecule has 0 spiro atoms. The SMILES string of the molecule is C.Cc1c([N+](=O)[O-])cnn1C1CCN(C2COC2)CC1(F)F.Cc1c([N+](=O)[O-])cnn1C1CCN(C2COC2)CC1(F)F. The zero-order chi connectivity index (χ0) is 30.4. The van der Waals surface area contributed by atoms with Crippen LogP contribution in [0.2, 0.25) is 0 Å². The maximum Gasteiger partial charge on any atom is 0.309 e. The van der Waals surface area contributed by atoms with Crippen LogP contribution in [0.1, 0.15) is 43.7 Å². The van der Waals surface area contributed by atoms with E-state index >= 15 is 0 Å². The number of likely N-dealkylation sites (tertiary alicyclic amines) is 2. The van der Waals surface area contributed by atoms with E-state index in [9.17, 15) is 37.8 Å². The third-order valence-corrected chi connectivity index (χ3v) is 8.48. The van der Waals surface area contributed by atoms with E-state index < -0.39 is 33.8 Å². The monoisotopic (exact) mass is 620 g/mol. The molecule has 18 heteroatoms. The third kappa shape index (κ3) is 6.37. The highest BCUT2D eigenvalue weighted by Crippen LogP contribution is 2.40. The van der Waals surface area contributed by atoms with E-state index in [1.807, 2.05) is 0 Å². The predicted octanol–water partition coefficient (Wildman–Crippen LogP) is 3.40. The van der Waals surface area contributed by atoms with Crippen LogP contribution in [0.3, 0.4) is 0 Å². The third-order valence-electron chi connectivity index (χ3n) is 8.48. The van der Waals surface area contributed by atoms with Gasteiger partial charge in [-0.2, -0.15) is 10.2 Å². The summed E-state index contributed by atoms with van der Waals surface area (Å²) in [6, 6.07) is -2.15. The number of nitrogens with zero attached hydrogens (tertiary/aromatic N) is 8. The second-order valence-corrected chi connectivity index (χ2v) is 11.1. The van der Waals surface area contributed by atoms with Crippen molar-refractivity contribution in [3.63, 3.8) is 0 Å². The minimum atomic E-state index is -2.97. The first-order valence-corrected chi connectivity index (χ1v) is 13.6. The van der Waals surface area contributed by atoms with E-state index in [0.717, 1.165) is 21.8 Å². The number of ether oxygens (including phenoxy) is 2. The van der Waals surface area contributed by atoms with Gasteiger partial charge < -0.3 is 9.47 Å². The lowest BCUT2D eigenvalue weighted by molar-refractivity contribution is -0.385. The van der Waals surface area contributed by atoms with Crippen molar-refractivity contribution in [2.45, 2.75) is 70.1 Å². The van der Waals surface area contributed by atoms with Crippen LogP contribution in [0, 0.1) is 34.1 Å². The number of nitro groups is 2. The molecule has 0 saturated carbocycles. The van der Waals surface area contributed by atoms with E-state index in [4.69, 9.17) is 9.47 Å². The number of alkyl halides is 4. The van der Waals surface area contributed by atoms with Gasteiger partial charge in [0.25, 0.3) is 11.8 Å². The first-order chi connectivity index (χ1) is 19.8. The summed E-state index contributed by atoms with van der Waals surface area (Å²) in [5.41, 5.74) is -0.101. The molecular weight excluding hydrogens is 584 g/mol. The van der Waals surface area contributed by atoms with Crippen LogP contribution in [0.25, 0.3) is 0 Å². The Labute approximate surface area is 244 Å². The maximum absolute atomic E-state index is 14.4. The van der Waals surface area contributed by atoms with Gasteiger partial charge in [-0.05, 0) is 26.7 Å². The molecular formula is C25H36F4N8O6. The predicted molar refractivity (Wildman–Crippen MR) is 144 cm³/mol. The van der Waals surface area contributed by atoms with Gasteiger partial charge >= 0.3 is 11.4 Å². The summed E-state index contributed by atoms with van der Waals surface area (Å²) in [5, 5.41) is 29.2. The van der Waals surface area contributed by atoms with E-state index in [1.54, 1.807) is 9.80 Å². The number of hydrogen-bond donors (Lipinski definition) is 0. The molecule has 2 unspecified atom stereocenters. The zero-order valence-corrected chi connectivity index (χ0v) is 23.1. The summed E-state index contributed by atoms with van der Waals surface area (Å²) >= 11 is 0. The van der Waals surface area contributed by atoms with E-state index in [2.05, 4.69) is 10.2 Å². The first-order valence-electron chi connectivity index (χ1n) is 13.6. The molecule has 0 aliphatic carbocycles. The molecule has 4 fully saturated rings. The fraction of sp³-hybridized carbons (Fsp3) is 0.760. The van der Waals surface area contributed by atoms with Crippen LogP contribution >= 0.6 is 0 Å². The van der Waals surface area contributed by atoms with E-state index in [1.165, 1.54) is 13.8 Å². The van der Waals surface area contributed by atoms with E-state index in [-0.39, 0.29) is 68.2 Å². The number of halogens is 4. The lowest BCUT2D eigenvalue weighted by Crippen LogP contribution is -2.58. The van der Waals surface area contributed by atoms with Crippen molar-refractivity contribution < 1.29 is 36.9 Å². The Morgan fingerprint density at radius 3 is 1.35 bits per heavy atom. The standard InChI is InChI=1S/2C12H16F2N4O3.CH4/c2*1-8-10(18(19)20)4-15-17(8)11-2-3-16(7-12(11,13)14)9-5-21-6-9;/h2*4,9,11H,2-3,5-7H2,1H3;1H4. The Morgan fingerprint density at radius 2 is 1.12 bits per heavy atom. The molecule has 4 saturated heterocycles. The summed E-state index contributed by atoms with van der Waals surface area (Å²) in [4.78, 5) is 23.9. The zero-order valence-electron chi connectivity index (χ0n) is 23.1. The van der Waals surface area contributed by atoms with Gasteiger partial charge in [-0.25, -0.2) is 17.6 Å². The molecule has 2 atom stereocenters. The number of rotatable bonds is 6. The highest BCUT2D eigenvalue weighted by atomic mass is 19.3. The molecule has 43 heavy (non-hydrogen) atoms. The Balaban J connectivity index is 0.000000192. The number of piperidine rings is 2. The summed E-state index contributed by atoms with van der Waals surface area (Å²) in [6.07, 6.45) is 2.50. The molecule has 14 nitrogen and oxygen atoms in total. The minimum Gasteiger partial charge on any atom is -0.378 e. The smallest absolute Gasteiger partial charge is 0.309 e. The maximum atomic E-state index is 14.4. The van der Waals surface area contributed by atoms with Gasteiger partial charge in [-0.3, -0.25) is 39.4 Å². The van der Waals surface area contributed by atoms with Crippen molar-refractivity contribution in [3.8, 4) is 0 Å². The van der Waals surface area contributed by atoms with Crippen molar-refractivity contribution in [1.82, 2.24) is 29.4 Å². The van der Waals surface area contributed by atoms with Crippen LogP contribution in [-0.4, -0.2) is 116 Å². The van der Waals surface area contributed by atoms with E-state index in [0.29, 0.717) is 39.5 Å². The molecule has 0 radical (unpaired) electrons. The van der Waals surface area contributed by atoms with Crippen LogP contribution in [-0.2, 0) is 9.47 Å². The fourth-order valence-corrected chi connectivity index (χ4v) is 5.82. The van der Waals surface area contributed by atoms with Gasteiger partial charge in [0.05, 0.1) is 61.4 Å². The van der Waals surface area contributed by atoms with Crippen molar-refractivity contribution in [3.05, 3.63) is 44.0 Å². The second kappa shape index (κ2) is 12.4. The average molecular weight is 621 g/mol. The lowest BCUT2D eigenvalue weighted by Gasteiger charge is -2.44. The van der Waals surface area contributed by atoms with Crippen LogP contribution in [0.4, 0.5) is 28.9 Å². The Kier molecular flexibility index (Phi) is 9.44. The van der Waals surface area contributed by atoms with Gasteiger partial charge in [0, 0.05) is 13.1 Å². The Morgan fingerprint density at radius 1 is 0.767 bits per heavy atom. The van der Waals surface area contributed by atoms with Crippen molar-refractivity contribution in [2.24, 2.45) is 0 Å². The second-order valence-electron chi connectivity index (χ2n) is 11.1. The molecule has 6 rings (SSSR count). The minimum absolute atomic E-state index is 0. The van der Waals surface area contributed by atoms with Crippen LogP contribution in [0.15, 0.2) is 12.4 Å². The summed E-state index contributed by atoms with van der Waals surface area (Å²) in [6.45, 7) is 5.18. The first kappa shape index (κ1) is 32.7. The topological polar surface area (TPSA) is 147 Å². The highest BCUT2D eigenvalue weighted by molar-refractivity contribution is 5.33. The molecule has 0 amide bonds. The summed E-state index contributed by atoms with van der Waals surface area (Å²) in [5.74, 6) is -5.95. The van der Waals surface area contributed by atoms with Gasteiger partial charge in [-0.15, -0.1) is 0 Å².